The largest absolute Gasteiger partial charge is 0.440 e. The van der Waals surface area contributed by atoms with Crippen molar-refractivity contribution in [1.29, 1.82) is 0 Å². The predicted octanol–water partition coefficient (Wildman–Crippen LogP) is 4.40. The Kier molecular flexibility index (Phi) is 3.79. The average molecular weight is 401 g/mol. The van der Waals surface area contributed by atoms with E-state index in [2.05, 4.69) is 12.6 Å². The first kappa shape index (κ1) is 17.6. The van der Waals surface area contributed by atoms with Gasteiger partial charge in [0.05, 0.1) is 0 Å². The molecule has 5 aromatic rings. The van der Waals surface area contributed by atoms with Gasteiger partial charge in [0.25, 0.3) is 11.1 Å². The van der Waals surface area contributed by atoms with E-state index in [4.69, 9.17) is 4.74 Å². The van der Waals surface area contributed by atoms with Gasteiger partial charge in [0.1, 0.15) is 0 Å². The van der Waals surface area contributed by atoms with Gasteiger partial charge in [-0.1, -0.05) is 30.8 Å². The first-order chi connectivity index (χ1) is 14.0. The molecule has 0 atom stereocenters. The number of nitrogens with zero attached hydrogens (tertiary/aromatic N) is 1. The van der Waals surface area contributed by atoms with Crippen LogP contribution in [0.15, 0.2) is 70.3 Å². The van der Waals surface area contributed by atoms with Crippen molar-refractivity contribution < 1.29 is 9.53 Å². The molecule has 0 amide bonds. The van der Waals surface area contributed by atoms with Gasteiger partial charge in [-0.05, 0) is 42.0 Å². The van der Waals surface area contributed by atoms with Crippen LogP contribution in [0.3, 0.4) is 0 Å². The fourth-order valence-corrected chi connectivity index (χ4v) is 4.89. The van der Waals surface area contributed by atoms with Crippen LogP contribution in [-0.4, -0.2) is 10.5 Å². The molecule has 0 spiro atoms. The van der Waals surface area contributed by atoms with Gasteiger partial charge in [0.15, 0.2) is 6.73 Å². The molecular weight excluding hydrogens is 386 g/mol. The number of carbonyl (C=O) groups is 1. The maximum absolute atomic E-state index is 13.1. The molecule has 0 bridgehead atoms. The number of ether oxygens (including phenoxy) is 1. The van der Waals surface area contributed by atoms with E-state index < -0.39 is 23.8 Å². The van der Waals surface area contributed by atoms with E-state index in [1.54, 1.807) is 23.5 Å². The lowest BCUT2D eigenvalue weighted by Gasteiger charge is -2.14. The zero-order valence-electron chi connectivity index (χ0n) is 15.5. The maximum Gasteiger partial charge on any atom is 0.334 e. The molecule has 2 heterocycles. The quantitative estimate of drug-likeness (QED) is 0.195. The summed E-state index contributed by atoms with van der Waals surface area (Å²) < 4.78 is 8.18. The Morgan fingerprint density at radius 1 is 0.897 bits per heavy atom. The summed E-state index contributed by atoms with van der Waals surface area (Å²) in [5, 5.41) is 4.56. The average Bonchev–Trinajstić information content (AvgIpc) is 2.73. The highest BCUT2D eigenvalue weighted by Crippen LogP contribution is 2.39. The number of rotatable bonds is 3. The van der Waals surface area contributed by atoms with Gasteiger partial charge in [-0.15, -0.1) is 11.3 Å². The molecule has 0 aliphatic heterocycles. The molecule has 5 nitrogen and oxygen atoms in total. The molecular formula is C23H15NO4S. The summed E-state index contributed by atoms with van der Waals surface area (Å²) >= 11 is 1.63. The lowest BCUT2D eigenvalue weighted by molar-refractivity contribution is -0.142. The minimum absolute atomic E-state index is 0.205. The Balaban J connectivity index is 1.87. The number of esters is 1. The molecule has 142 valence electrons. The third-order valence-electron chi connectivity index (χ3n) is 5.14. The van der Waals surface area contributed by atoms with Crippen LogP contribution in [-0.2, 0) is 16.3 Å². The molecule has 6 heteroatoms. The summed E-state index contributed by atoms with van der Waals surface area (Å²) in [6.45, 7) is 4.58. The first-order valence-electron chi connectivity index (χ1n) is 9.03. The topological polar surface area (TPSA) is 65.4 Å². The Morgan fingerprint density at radius 2 is 1.55 bits per heavy atom. The van der Waals surface area contributed by atoms with Crippen LogP contribution in [0.25, 0.3) is 41.7 Å². The van der Waals surface area contributed by atoms with E-state index in [0.29, 0.717) is 16.2 Å². The molecule has 0 radical (unpaired) electrons. The molecule has 3 aromatic carbocycles. The normalized spacial score (nSPS) is 11.6. The van der Waals surface area contributed by atoms with E-state index in [9.17, 15) is 14.4 Å². The van der Waals surface area contributed by atoms with Crippen LogP contribution in [0.1, 0.15) is 6.92 Å². The number of hydrogen-bond donors (Lipinski definition) is 0. The molecule has 5 rings (SSSR count). The van der Waals surface area contributed by atoms with Crippen molar-refractivity contribution >= 4 is 59.0 Å². The summed E-state index contributed by atoms with van der Waals surface area (Å²) in [6, 6.07) is 15.4. The van der Waals surface area contributed by atoms with E-state index in [1.165, 1.54) is 6.92 Å². The molecule has 0 fully saturated rings. The van der Waals surface area contributed by atoms with Crippen LogP contribution in [0, 0.1) is 0 Å². The van der Waals surface area contributed by atoms with Crippen LogP contribution in [0.4, 0.5) is 0 Å². The second-order valence-electron chi connectivity index (χ2n) is 7.00. The van der Waals surface area contributed by atoms with Crippen LogP contribution in [0.5, 0.6) is 0 Å². The number of aromatic nitrogens is 1. The Hall–Kier alpha value is -3.51. The van der Waals surface area contributed by atoms with Gasteiger partial charge in [0, 0.05) is 36.5 Å². The second-order valence-corrected chi connectivity index (χ2v) is 8.08. The maximum atomic E-state index is 13.1. The number of pyridine rings is 1. The van der Waals surface area contributed by atoms with Crippen molar-refractivity contribution in [3.8, 4) is 0 Å². The second kappa shape index (κ2) is 6.25. The molecule has 0 saturated heterocycles. The summed E-state index contributed by atoms with van der Waals surface area (Å²) in [4.78, 5) is 37.8. The molecule has 0 aliphatic carbocycles. The van der Waals surface area contributed by atoms with Gasteiger partial charge in [0.2, 0.25) is 0 Å². The smallest absolute Gasteiger partial charge is 0.334 e. The van der Waals surface area contributed by atoms with Gasteiger partial charge in [-0.2, -0.15) is 0 Å². The van der Waals surface area contributed by atoms with Crippen LogP contribution >= 0.6 is 11.3 Å². The zero-order valence-corrected chi connectivity index (χ0v) is 16.3. The number of carbonyl (C=O) groups excluding carboxylic acids is 1. The third kappa shape index (κ3) is 2.49. The summed E-state index contributed by atoms with van der Waals surface area (Å²) in [5.74, 6) is -0.644. The van der Waals surface area contributed by atoms with Crippen molar-refractivity contribution in [3.63, 3.8) is 0 Å². The SMILES string of the molecule is C=C(C)C(=O)OCn1c(=O)c2ccc3sc4ccccc4c4ccc(c1=O)c2c34. The lowest BCUT2D eigenvalue weighted by Crippen LogP contribution is -2.34. The molecule has 29 heavy (non-hydrogen) atoms. The summed E-state index contributed by atoms with van der Waals surface area (Å²) in [6.07, 6.45) is 0. The molecule has 0 N–H and O–H groups in total. The Bertz CT molecular complexity index is 1560. The highest BCUT2D eigenvalue weighted by Gasteiger charge is 2.18. The summed E-state index contributed by atoms with van der Waals surface area (Å²) in [7, 11) is 0. The van der Waals surface area contributed by atoms with Crippen LogP contribution < -0.4 is 11.1 Å². The van der Waals surface area contributed by atoms with Crippen molar-refractivity contribution in [3.05, 3.63) is 81.4 Å². The van der Waals surface area contributed by atoms with Crippen molar-refractivity contribution in [2.45, 2.75) is 13.7 Å². The number of benzene rings is 3. The van der Waals surface area contributed by atoms with Gasteiger partial charge in [-0.3, -0.25) is 9.59 Å². The third-order valence-corrected chi connectivity index (χ3v) is 6.28. The lowest BCUT2D eigenvalue weighted by atomic mass is 9.98. The highest BCUT2D eigenvalue weighted by molar-refractivity contribution is 7.25. The minimum Gasteiger partial charge on any atom is -0.440 e. The highest BCUT2D eigenvalue weighted by atomic mass is 32.1. The zero-order chi connectivity index (χ0) is 20.3. The van der Waals surface area contributed by atoms with Crippen molar-refractivity contribution in [2.24, 2.45) is 0 Å². The van der Waals surface area contributed by atoms with E-state index in [0.717, 1.165) is 30.1 Å². The Morgan fingerprint density at radius 3 is 2.28 bits per heavy atom. The minimum atomic E-state index is -0.644. The molecule has 0 unspecified atom stereocenters. The molecule has 0 aliphatic rings. The van der Waals surface area contributed by atoms with Gasteiger partial charge in [-0.25, -0.2) is 9.36 Å². The fraction of sp³-hybridized carbons (Fsp3) is 0.0870. The van der Waals surface area contributed by atoms with E-state index >= 15 is 0 Å². The van der Waals surface area contributed by atoms with E-state index in [1.807, 2.05) is 30.3 Å². The first-order valence-corrected chi connectivity index (χ1v) is 9.85. The monoisotopic (exact) mass is 401 g/mol. The standard InChI is InChI=1S/C23H15NO4S/c1-12(2)23(27)28-11-24-21(25)15-8-7-14-13-5-3-4-6-17(13)29-18-10-9-16(22(24)26)19(15)20(14)18/h3-10H,1,11H2,2H3. The number of fused-ring (bicyclic) bond motifs is 2. The van der Waals surface area contributed by atoms with Gasteiger partial charge >= 0.3 is 5.97 Å². The van der Waals surface area contributed by atoms with Crippen LogP contribution in [0.2, 0.25) is 0 Å². The fourth-order valence-electron chi connectivity index (χ4n) is 3.77. The molecule has 2 aromatic heterocycles. The van der Waals surface area contributed by atoms with Crippen molar-refractivity contribution in [2.75, 3.05) is 0 Å². The summed E-state index contributed by atoms with van der Waals surface area (Å²) in [5.41, 5.74) is -0.731. The predicted molar refractivity (Wildman–Crippen MR) is 117 cm³/mol. The number of hydrogen-bond acceptors (Lipinski definition) is 5. The Labute approximate surface area is 168 Å². The molecule has 0 saturated carbocycles. The van der Waals surface area contributed by atoms with E-state index in [-0.39, 0.29) is 5.57 Å². The van der Waals surface area contributed by atoms with Crippen molar-refractivity contribution in [1.82, 2.24) is 4.57 Å². The van der Waals surface area contributed by atoms with Gasteiger partial charge < -0.3 is 4.74 Å².